The van der Waals surface area contributed by atoms with Gasteiger partial charge in [-0.2, -0.15) is 5.10 Å². The molecule has 9 nitrogen and oxygen atoms in total. The fourth-order valence-corrected chi connectivity index (χ4v) is 4.24. The molecular formula is C20H26N6O3. The van der Waals surface area contributed by atoms with E-state index in [1.54, 1.807) is 36.1 Å². The summed E-state index contributed by atoms with van der Waals surface area (Å²) in [5.74, 6) is 1.16. The number of hydrogen-bond acceptors (Lipinski definition) is 6. The third kappa shape index (κ3) is 3.19. The SMILES string of the molecule is COCCN1C(=O)Cc2c(C)nc([C@@]3(C)CCCN3C(=O)c3cnn(C)c3)nc21. The molecule has 2 amide bonds. The maximum atomic E-state index is 13.2. The number of carbonyl (C=O) groups excluding carboxylic acids is 2. The van der Waals surface area contributed by atoms with Crippen LogP contribution >= 0.6 is 0 Å². The van der Waals surface area contributed by atoms with Gasteiger partial charge in [0, 0.05) is 38.2 Å². The van der Waals surface area contributed by atoms with E-state index in [2.05, 4.69) is 5.10 Å². The molecule has 1 atom stereocenters. The highest BCUT2D eigenvalue weighted by Crippen LogP contribution is 2.40. The minimum Gasteiger partial charge on any atom is -0.383 e. The van der Waals surface area contributed by atoms with Crippen LogP contribution < -0.4 is 4.90 Å². The zero-order chi connectivity index (χ0) is 20.8. The molecule has 0 radical (unpaired) electrons. The third-order valence-electron chi connectivity index (χ3n) is 5.92. The lowest BCUT2D eigenvalue weighted by molar-refractivity contribution is -0.117. The van der Waals surface area contributed by atoms with E-state index in [-0.39, 0.29) is 11.8 Å². The normalized spacial score (nSPS) is 21.2. The van der Waals surface area contributed by atoms with Gasteiger partial charge in [0.25, 0.3) is 5.91 Å². The van der Waals surface area contributed by atoms with Crippen LogP contribution in [-0.4, -0.2) is 63.3 Å². The number of fused-ring (bicyclic) bond motifs is 1. The molecule has 1 fully saturated rings. The number of likely N-dealkylation sites (tertiary alicyclic amines) is 1. The predicted octanol–water partition coefficient (Wildman–Crippen LogP) is 1.21. The van der Waals surface area contributed by atoms with E-state index in [4.69, 9.17) is 14.7 Å². The molecule has 0 bridgehead atoms. The van der Waals surface area contributed by atoms with Crippen molar-refractivity contribution in [2.45, 2.75) is 38.6 Å². The monoisotopic (exact) mass is 398 g/mol. The van der Waals surface area contributed by atoms with Gasteiger partial charge in [-0.3, -0.25) is 19.2 Å². The molecule has 4 heterocycles. The van der Waals surface area contributed by atoms with Gasteiger partial charge < -0.3 is 9.64 Å². The Morgan fingerprint density at radius 1 is 1.34 bits per heavy atom. The summed E-state index contributed by atoms with van der Waals surface area (Å²) in [5.41, 5.74) is 1.57. The van der Waals surface area contributed by atoms with Crippen LogP contribution in [0.15, 0.2) is 12.4 Å². The number of rotatable bonds is 5. The summed E-state index contributed by atoms with van der Waals surface area (Å²) in [5, 5.41) is 4.12. The van der Waals surface area contributed by atoms with Crippen molar-refractivity contribution in [3.63, 3.8) is 0 Å². The first kappa shape index (κ1) is 19.5. The van der Waals surface area contributed by atoms with Crippen molar-refractivity contribution < 1.29 is 14.3 Å². The second kappa shape index (κ2) is 7.22. The van der Waals surface area contributed by atoms with E-state index in [1.165, 1.54) is 0 Å². The highest BCUT2D eigenvalue weighted by molar-refractivity contribution is 6.00. The molecule has 0 aliphatic carbocycles. The number of aromatic nitrogens is 4. The Morgan fingerprint density at radius 3 is 2.83 bits per heavy atom. The Hall–Kier alpha value is -2.81. The highest BCUT2D eigenvalue weighted by Gasteiger charge is 2.45. The molecule has 29 heavy (non-hydrogen) atoms. The summed E-state index contributed by atoms with van der Waals surface area (Å²) in [7, 11) is 3.40. The zero-order valence-electron chi connectivity index (χ0n) is 17.3. The minimum absolute atomic E-state index is 0.00599. The first-order valence-electron chi connectivity index (χ1n) is 9.83. The molecule has 9 heteroatoms. The highest BCUT2D eigenvalue weighted by atomic mass is 16.5. The smallest absolute Gasteiger partial charge is 0.257 e. The number of hydrogen-bond donors (Lipinski definition) is 0. The maximum Gasteiger partial charge on any atom is 0.257 e. The number of ether oxygens (including phenoxy) is 1. The molecule has 2 aliphatic rings. The average molecular weight is 398 g/mol. The van der Waals surface area contributed by atoms with Crippen molar-refractivity contribution in [2.24, 2.45) is 7.05 Å². The summed E-state index contributed by atoms with van der Waals surface area (Å²) >= 11 is 0. The Labute approximate surface area is 169 Å². The van der Waals surface area contributed by atoms with Crippen LogP contribution in [0.25, 0.3) is 0 Å². The molecule has 0 aromatic carbocycles. The van der Waals surface area contributed by atoms with Gasteiger partial charge in [-0.05, 0) is 26.7 Å². The van der Waals surface area contributed by atoms with Crippen LogP contribution in [0.1, 0.15) is 47.2 Å². The molecule has 0 saturated carbocycles. The summed E-state index contributed by atoms with van der Waals surface area (Å²) in [4.78, 5) is 38.7. The van der Waals surface area contributed by atoms with Crippen molar-refractivity contribution in [1.29, 1.82) is 0 Å². The van der Waals surface area contributed by atoms with Crippen molar-refractivity contribution in [3.8, 4) is 0 Å². The molecule has 0 N–H and O–H groups in total. The van der Waals surface area contributed by atoms with E-state index in [9.17, 15) is 9.59 Å². The Balaban J connectivity index is 1.72. The fourth-order valence-electron chi connectivity index (χ4n) is 4.24. The number of aryl methyl sites for hydroxylation is 2. The number of nitrogens with zero attached hydrogens (tertiary/aromatic N) is 6. The standard InChI is InChI=1S/C20H26N6O3/c1-13-15-10-16(27)25(8-9-29-4)17(15)23-19(22-13)20(2)6-5-7-26(20)18(28)14-11-21-24(3)12-14/h11-12H,5-10H2,1-4H3/t20-/m1/s1. The van der Waals surface area contributed by atoms with Gasteiger partial charge in [0.15, 0.2) is 5.82 Å². The Kier molecular flexibility index (Phi) is 4.85. The second-order valence-corrected chi connectivity index (χ2v) is 7.89. The fraction of sp³-hybridized carbons (Fsp3) is 0.550. The molecule has 0 unspecified atom stereocenters. The number of anilines is 1. The van der Waals surface area contributed by atoms with E-state index in [1.807, 2.05) is 18.7 Å². The maximum absolute atomic E-state index is 13.2. The van der Waals surface area contributed by atoms with Crippen molar-refractivity contribution >= 4 is 17.6 Å². The predicted molar refractivity (Wildman–Crippen MR) is 106 cm³/mol. The summed E-state index contributed by atoms with van der Waals surface area (Å²) in [6.45, 7) is 5.43. The van der Waals surface area contributed by atoms with Gasteiger partial charge in [-0.1, -0.05) is 0 Å². The van der Waals surface area contributed by atoms with Crippen molar-refractivity contribution in [2.75, 3.05) is 31.7 Å². The molecular weight excluding hydrogens is 372 g/mol. The summed E-state index contributed by atoms with van der Waals surface area (Å²) < 4.78 is 6.77. The van der Waals surface area contributed by atoms with E-state index < -0.39 is 5.54 Å². The largest absolute Gasteiger partial charge is 0.383 e. The van der Waals surface area contributed by atoms with Crippen molar-refractivity contribution in [3.05, 3.63) is 35.0 Å². The van der Waals surface area contributed by atoms with E-state index in [0.29, 0.717) is 43.3 Å². The van der Waals surface area contributed by atoms with Crippen molar-refractivity contribution in [1.82, 2.24) is 24.6 Å². The van der Waals surface area contributed by atoms with Gasteiger partial charge in [-0.25, -0.2) is 9.97 Å². The lowest BCUT2D eigenvalue weighted by Gasteiger charge is -2.34. The molecule has 2 aliphatic heterocycles. The molecule has 1 saturated heterocycles. The van der Waals surface area contributed by atoms with Gasteiger partial charge >= 0.3 is 0 Å². The van der Waals surface area contributed by atoms with Crippen LogP contribution in [0.2, 0.25) is 0 Å². The lowest BCUT2D eigenvalue weighted by atomic mass is 9.96. The van der Waals surface area contributed by atoms with Crippen LogP contribution in [0.5, 0.6) is 0 Å². The van der Waals surface area contributed by atoms with Gasteiger partial charge in [-0.15, -0.1) is 0 Å². The van der Waals surface area contributed by atoms with Crippen LogP contribution in [0.3, 0.4) is 0 Å². The summed E-state index contributed by atoms with van der Waals surface area (Å²) in [6.07, 6.45) is 5.25. The topological polar surface area (TPSA) is 93.5 Å². The minimum atomic E-state index is -0.634. The van der Waals surface area contributed by atoms with Crippen LogP contribution in [0, 0.1) is 6.92 Å². The number of carbonyl (C=O) groups is 2. The van der Waals surface area contributed by atoms with Crippen LogP contribution in [0.4, 0.5) is 5.82 Å². The lowest BCUT2D eigenvalue weighted by Crippen LogP contribution is -2.44. The van der Waals surface area contributed by atoms with Gasteiger partial charge in [0.2, 0.25) is 5.91 Å². The Morgan fingerprint density at radius 2 is 2.14 bits per heavy atom. The van der Waals surface area contributed by atoms with E-state index in [0.717, 1.165) is 24.1 Å². The molecule has 0 spiro atoms. The molecule has 2 aromatic heterocycles. The van der Waals surface area contributed by atoms with Crippen LogP contribution in [-0.2, 0) is 28.5 Å². The summed E-state index contributed by atoms with van der Waals surface area (Å²) in [6, 6.07) is 0. The third-order valence-corrected chi connectivity index (χ3v) is 5.92. The quantitative estimate of drug-likeness (QED) is 0.751. The first-order chi connectivity index (χ1) is 13.8. The first-order valence-corrected chi connectivity index (χ1v) is 9.83. The molecule has 154 valence electrons. The van der Waals surface area contributed by atoms with E-state index >= 15 is 0 Å². The average Bonchev–Trinajstić information content (AvgIpc) is 3.37. The molecule has 4 rings (SSSR count). The second-order valence-electron chi connectivity index (χ2n) is 7.89. The number of methoxy groups -OCH3 is 1. The molecule has 2 aromatic rings. The van der Waals surface area contributed by atoms with Gasteiger partial charge in [0.05, 0.1) is 31.3 Å². The number of amides is 2. The zero-order valence-corrected chi connectivity index (χ0v) is 17.3. The Bertz CT molecular complexity index is 971. The van der Waals surface area contributed by atoms with Gasteiger partial charge in [0.1, 0.15) is 11.4 Å².